The summed E-state index contributed by atoms with van der Waals surface area (Å²) in [5.41, 5.74) is 0. The van der Waals surface area contributed by atoms with Crippen LogP contribution in [-0.4, -0.2) is 19.0 Å². The molecular formula is C30H30PSe+. The number of hydrogen-bond acceptors (Lipinski definition) is 0. The van der Waals surface area contributed by atoms with Gasteiger partial charge in [-0.3, -0.25) is 0 Å². The van der Waals surface area contributed by atoms with Crippen molar-refractivity contribution in [1.82, 2.24) is 0 Å². The Bertz CT molecular complexity index is 1010. The van der Waals surface area contributed by atoms with Crippen molar-refractivity contribution in [3.63, 3.8) is 0 Å². The van der Waals surface area contributed by atoms with Crippen molar-refractivity contribution in [1.29, 1.82) is 0 Å². The Hall–Kier alpha value is -2.17. The van der Waals surface area contributed by atoms with Gasteiger partial charge in [0, 0.05) is 0 Å². The SMILES string of the molecule is c1ccc([Se]C2([P+](c3ccccc3)(c3ccccc3)c3ccccc3)CCCCC2)cc1. The molecule has 0 nitrogen and oxygen atoms in total. The predicted molar refractivity (Wildman–Crippen MR) is 143 cm³/mol. The van der Waals surface area contributed by atoms with Crippen molar-refractivity contribution in [2.24, 2.45) is 0 Å². The van der Waals surface area contributed by atoms with Crippen molar-refractivity contribution in [2.45, 2.75) is 36.2 Å². The molecule has 4 aromatic rings. The molecule has 0 spiro atoms. The van der Waals surface area contributed by atoms with Gasteiger partial charge in [-0.25, -0.2) is 0 Å². The average Bonchev–Trinajstić information content (AvgIpc) is 2.88. The van der Waals surface area contributed by atoms with Gasteiger partial charge in [0.2, 0.25) is 0 Å². The van der Waals surface area contributed by atoms with E-state index in [1.165, 1.54) is 52.5 Å². The summed E-state index contributed by atoms with van der Waals surface area (Å²) in [7, 11) is -1.90. The van der Waals surface area contributed by atoms with E-state index >= 15 is 0 Å². The summed E-state index contributed by atoms with van der Waals surface area (Å²) in [6.45, 7) is 0. The van der Waals surface area contributed by atoms with Crippen LogP contribution in [0, 0.1) is 0 Å². The van der Waals surface area contributed by atoms with Gasteiger partial charge in [0.05, 0.1) is 0 Å². The van der Waals surface area contributed by atoms with E-state index in [9.17, 15) is 0 Å². The third-order valence-electron chi connectivity index (χ3n) is 6.73. The Kier molecular flexibility index (Phi) is 6.61. The van der Waals surface area contributed by atoms with E-state index in [-0.39, 0.29) is 4.05 Å². The molecule has 0 aromatic heterocycles. The van der Waals surface area contributed by atoms with Crippen molar-refractivity contribution in [2.75, 3.05) is 0 Å². The van der Waals surface area contributed by atoms with Gasteiger partial charge < -0.3 is 0 Å². The molecule has 1 aliphatic carbocycles. The molecule has 1 fully saturated rings. The fourth-order valence-corrected chi connectivity index (χ4v) is 16.7. The van der Waals surface area contributed by atoms with Gasteiger partial charge in [0.1, 0.15) is 0 Å². The third-order valence-corrected chi connectivity index (χ3v) is 16.5. The molecule has 32 heavy (non-hydrogen) atoms. The molecule has 5 rings (SSSR count). The molecule has 0 saturated heterocycles. The van der Waals surface area contributed by atoms with Crippen LogP contribution in [0.25, 0.3) is 0 Å². The van der Waals surface area contributed by atoms with E-state index in [1.54, 1.807) is 0 Å². The van der Waals surface area contributed by atoms with Crippen LogP contribution in [0.5, 0.6) is 0 Å². The van der Waals surface area contributed by atoms with Crippen molar-refractivity contribution >= 4 is 42.6 Å². The molecule has 0 heterocycles. The van der Waals surface area contributed by atoms with Gasteiger partial charge >= 0.3 is 200 Å². The Labute approximate surface area is 199 Å². The normalized spacial score (nSPS) is 15.9. The molecule has 0 aliphatic heterocycles. The standard InChI is InChI=1S/C30H30PSe/c1-6-16-26(17-7-1)31(27-18-8-2-9-19-27,28-20-10-3-11-21-28)30(24-14-5-15-25-30)32-29-22-12-4-13-23-29/h1-4,6-13,16-23H,5,14-15,24-25H2/q+1. The second-order valence-corrected chi connectivity index (χ2v) is 16.1. The molecule has 0 unspecified atom stereocenters. The van der Waals surface area contributed by atoms with Crippen LogP contribution >= 0.6 is 7.26 Å². The number of hydrogen-bond donors (Lipinski definition) is 0. The number of rotatable bonds is 6. The van der Waals surface area contributed by atoms with E-state index < -0.39 is 7.26 Å². The Balaban J connectivity index is 1.85. The van der Waals surface area contributed by atoms with Crippen LogP contribution in [0.2, 0.25) is 0 Å². The van der Waals surface area contributed by atoms with Crippen LogP contribution in [0.1, 0.15) is 32.1 Å². The van der Waals surface area contributed by atoms with Gasteiger partial charge in [0.25, 0.3) is 0 Å². The molecule has 0 atom stereocenters. The second-order valence-electron chi connectivity index (χ2n) is 8.60. The first-order chi connectivity index (χ1) is 15.9. The van der Waals surface area contributed by atoms with Gasteiger partial charge in [0.15, 0.2) is 0 Å². The zero-order valence-corrected chi connectivity index (χ0v) is 21.0. The van der Waals surface area contributed by atoms with Crippen molar-refractivity contribution in [3.05, 3.63) is 121 Å². The first-order valence-corrected chi connectivity index (χ1v) is 15.2. The fraction of sp³-hybridized carbons (Fsp3) is 0.200. The molecule has 0 N–H and O–H groups in total. The van der Waals surface area contributed by atoms with Gasteiger partial charge in [-0.1, -0.05) is 0 Å². The third kappa shape index (κ3) is 3.88. The summed E-state index contributed by atoms with van der Waals surface area (Å²) in [6, 6.07) is 45.9. The Morgan fingerprint density at radius 2 is 0.844 bits per heavy atom. The van der Waals surface area contributed by atoms with E-state index in [1.807, 2.05) is 0 Å². The van der Waals surface area contributed by atoms with Crippen LogP contribution < -0.4 is 20.4 Å². The molecule has 0 amide bonds. The molecular weight excluding hydrogens is 470 g/mol. The van der Waals surface area contributed by atoms with Crippen LogP contribution in [0.15, 0.2) is 121 Å². The monoisotopic (exact) mass is 501 g/mol. The summed E-state index contributed by atoms with van der Waals surface area (Å²) in [5.74, 6) is 0. The predicted octanol–water partition coefficient (Wildman–Crippen LogP) is 5.67. The molecule has 4 aromatic carbocycles. The van der Waals surface area contributed by atoms with Crippen molar-refractivity contribution in [3.8, 4) is 0 Å². The number of benzene rings is 4. The fourth-order valence-electron chi connectivity index (χ4n) is 5.43. The first-order valence-electron chi connectivity index (χ1n) is 11.7. The Morgan fingerprint density at radius 1 is 0.469 bits per heavy atom. The van der Waals surface area contributed by atoms with E-state index in [0.717, 1.165) is 0 Å². The zero-order chi connectivity index (χ0) is 21.7. The van der Waals surface area contributed by atoms with Gasteiger partial charge in [-0.15, -0.1) is 0 Å². The summed E-state index contributed by atoms with van der Waals surface area (Å²) < 4.78 is 1.82. The van der Waals surface area contributed by atoms with Crippen LogP contribution in [0.3, 0.4) is 0 Å². The minimum absolute atomic E-state index is 0.281. The van der Waals surface area contributed by atoms with Crippen LogP contribution in [-0.2, 0) is 0 Å². The topological polar surface area (TPSA) is 0 Å². The Morgan fingerprint density at radius 3 is 1.25 bits per heavy atom. The second kappa shape index (κ2) is 9.76. The molecule has 2 heteroatoms. The van der Waals surface area contributed by atoms with Gasteiger partial charge in [-0.2, -0.15) is 0 Å². The zero-order valence-electron chi connectivity index (χ0n) is 18.4. The summed E-state index contributed by atoms with van der Waals surface area (Å²) in [4.78, 5) is 0. The van der Waals surface area contributed by atoms with Crippen LogP contribution in [0.4, 0.5) is 0 Å². The molecule has 0 radical (unpaired) electrons. The van der Waals surface area contributed by atoms with Gasteiger partial charge in [-0.05, 0) is 0 Å². The maximum atomic E-state index is 2.42. The van der Waals surface area contributed by atoms with E-state index in [4.69, 9.17) is 0 Å². The summed E-state index contributed by atoms with van der Waals surface area (Å²) in [5, 5.41) is 4.62. The summed E-state index contributed by atoms with van der Waals surface area (Å²) >= 11 is 0.379. The summed E-state index contributed by atoms with van der Waals surface area (Å²) in [6.07, 6.45) is 6.67. The van der Waals surface area contributed by atoms with E-state index in [0.29, 0.717) is 15.0 Å². The molecule has 160 valence electrons. The first kappa shape index (κ1) is 21.7. The quantitative estimate of drug-likeness (QED) is 0.236. The molecule has 1 saturated carbocycles. The van der Waals surface area contributed by atoms with E-state index in [2.05, 4.69) is 121 Å². The maximum absolute atomic E-state index is 2.42. The van der Waals surface area contributed by atoms with Crippen molar-refractivity contribution < 1.29 is 0 Å². The average molecular weight is 501 g/mol. The molecule has 1 aliphatic rings. The molecule has 0 bridgehead atoms. The minimum atomic E-state index is -1.90.